The number of esters is 1. The van der Waals surface area contributed by atoms with E-state index < -0.39 is 21.7 Å². The third-order valence-electron chi connectivity index (χ3n) is 4.77. The molecule has 2 aromatic rings. The van der Waals surface area contributed by atoms with Crippen LogP contribution in [0, 0.1) is 0 Å². The van der Waals surface area contributed by atoms with Crippen LogP contribution in [0.4, 0.5) is 5.00 Å². The molecule has 0 atom stereocenters. The molecule has 32 heavy (non-hydrogen) atoms. The van der Waals surface area contributed by atoms with Crippen molar-refractivity contribution in [3.05, 3.63) is 39.8 Å². The van der Waals surface area contributed by atoms with Gasteiger partial charge in [0.2, 0.25) is 0 Å². The van der Waals surface area contributed by atoms with Gasteiger partial charge in [-0.25, -0.2) is 13.2 Å². The summed E-state index contributed by atoms with van der Waals surface area (Å²) in [6, 6.07) is 4.61. The van der Waals surface area contributed by atoms with Crippen molar-refractivity contribution in [1.82, 2.24) is 0 Å². The minimum absolute atomic E-state index is 0.0598. The molecule has 0 saturated carbocycles. The summed E-state index contributed by atoms with van der Waals surface area (Å²) < 4.78 is 39.8. The molecule has 2 heterocycles. The lowest BCUT2D eigenvalue weighted by molar-refractivity contribution is -0.118. The molecule has 0 fully saturated rings. The number of hydrogen-bond acceptors (Lipinski definition) is 9. The van der Waals surface area contributed by atoms with Crippen molar-refractivity contribution in [3.8, 4) is 11.5 Å². The van der Waals surface area contributed by atoms with Crippen LogP contribution in [-0.2, 0) is 31.5 Å². The molecule has 11 heteroatoms. The van der Waals surface area contributed by atoms with Gasteiger partial charge in [0.05, 0.1) is 30.8 Å². The molecule has 1 aliphatic rings. The number of benzene rings is 1. The number of sulfone groups is 1. The fourth-order valence-electron chi connectivity index (χ4n) is 3.24. The Labute approximate surface area is 189 Å². The number of amides is 1. The number of anilines is 1. The molecule has 1 N–H and O–H groups in total. The van der Waals surface area contributed by atoms with E-state index >= 15 is 0 Å². The predicted molar refractivity (Wildman–Crippen MR) is 119 cm³/mol. The van der Waals surface area contributed by atoms with Gasteiger partial charge in [0.15, 0.2) is 33.7 Å². The topological polar surface area (TPSA) is 125 Å². The van der Waals surface area contributed by atoms with Crippen molar-refractivity contribution < 1.29 is 37.0 Å². The summed E-state index contributed by atoms with van der Waals surface area (Å²) in [5.74, 6) is -0.954. The summed E-state index contributed by atoms with van der Waals surface area (Å²) in [5.41, 5.74) is 1.23. The maximum absolute atomic E-state index is 12.5. The number of nitrogens with one attached hydrogen (secondary N) is 1. The molecular weight excluding hydrogens is 458 g/mol. The molecule has 0 saturated heterocycles. The van der Waals surface area contributed by atoms with Gasteiger partial charge >= 0.3 is 5.97 Å². The maximum Gasteiger partial charge on any atom is 0.341 e. The highest BCUT2D eigenvalue weighted by molar-refractivity contribution is 7.90. The number of methoxy groups -OCH3 is 1. The van der Waals surface area contributed by atoms with Gasteiger partial charge in [0.25, 0.3) is 5.91 Å². The highest BCUT2D eigenvalue weighted by Gasteiger charge is 2.32. The summed E-state index contributed by atoms with van der Waals surface area (Å²) in [6.07, 6.45) is 0.189. The predicted octanol–water partition coefficient (Wildman–Crippen LogP) is 2.62. The van der Waals surface area contributed by atoms with E-state index in [9.17, 15) is 22.8 Å². The third-order valence-corrected chi connectivity index (χ3v) is 7.65. The van der Waals surface area contributed by atoms with E-state index in [0.717, 1.165) is 11.3 Å². The zero-order valence-corrected chi connectivity index (χ0v) is 19.5. The molecule has 0 spiro atoms. The lowest BCUT2D eigenvalue weighted by Gasteiger charge is -2.13. The number of Topliss-reactive ketones (excluding diaryl/α,β-unsaturated/α-hetero) is 1. The summed E-state index contributed by atoms with van der Waals surface area (Å²) in [7, 11) is -1.83. The average molecular weight is 482 g/mol. The lowest BCUT2D eigenvalue weighted by Crippen LogP contribution is -2.22. The molecule has 1 aromatic carbocycles. The van der Waals surface area contributed by atoms with E-state index in [1.807, 2.05) is 0 Å². The van der Waals surface area contributed by atoms with Gasteiger partial charge in [0, 0.05) is 10.4 Å². The first kappa shape index (κ1) is 23.7. The van der Waals surface area contributed by atoms with Crippen LogP contribution in [0.2, 0.25) is 0 Å². The first-order valence-electron chi connectivity index (χ1n) is 9.79. The van der Waals surface area contributed by atoms with E-state index in [2.05, 4.69) is 5.32 Å². The summed E-state index contributed by atoms with van der Waals surface area (Å²) in [4.78, 5) is 37.1. The SMILES string of the molecule is CCOC(=O)c1c(NC(=O)COc2ccc(C(C)=O)cc2OC)sc2c1CCS(=O)(=O)C2. The second kappa shape index (κ2) is 9.70. The number of rotatable bonds is 8. The van der Waals surface area contributed by atoms with Crippen LogP contribution in [-0.4, -0.2) is 52.2 Å². The molecule has 1 aliphatic heterocycles. The number of thiophene rings is 1. The normalized spacial score (nSPS) is 14.2. The Morgan fingerprint density at radius 2 is 1.94 bits per heavy atom. The minimum atomic E-state index is -3.25. The van der Waals surface area contributed by atoms with Crippen molar-refractivity contribution in [2.75, 3.05) is 31.4 Å². The second-order valence-corrected chi connectivity index (χ2v) is 10.3. The number of ether oxygens (including phenoxy) is 3. The minimum Gasteiger partial charge on any atom is -0.493 e. The van der Waals surface area contributed by atoms with Crippen LogP contribution in [0.1, 0.15) is 45.0 Å². The van der Waals surface area contributed by atoms with Crippen molar-refractivity contribution in [1.29, 1.82) is 0 Å². The Bertz CT molecular complexity index is 1170. The van der Waals surface area contributed by atoms with E-state index in [1.54, 1.807) is 13.0 Å². The second-order valence-electron chi connectivity index (χ2n) is 7.03. The lowest BCUT2D eigenvalue weighted by atomic mass is 10.1. The molecule has 0 aliphatic carbocycles. The fourth-order valence-corrected chi connectivity index (χ4v) is 6.30. The van der Waals surface area contributed by atoms with Gasteiger partial charge in [-0.05, 0) is 44.0 Å². The number of ketones is 1. The standard InChI is InChI=1S/C21H23NO8S2/c1-4-29-21(25)19-14-7-8-32(26,27)11-17(14)31-20(19)22-18(24)10-30-15-6-5-13(12(2)23)9-16(15)28-3/h5-6,9H,4,7-8,10-11H2,1-3H3,(H,22,24). The van der Waals surface area contributed by atoms with Crippen LogP contribution in [0.3, 0.4) is 0 Å². The van der Waals surface area contributed by atoms with Crippen LogP contribution in [0.25, 0.3) is 0 Å². The summed E-state index contributed by atoms with van der Waals surface area (Å²) in [5, 5.41) is 2.87. The molecule has 0 unspecified atom stereocenters. The maximum atomic E-state index is 12.5. The van der Waals surface area contributed by atoms with Gasteiger partial charge in [-0.1, -0.05) is 0 Å². The number of carbonyl (C=O) groups is 3. The molecular formula is C21H23NO8S2. The summed E-state index contributed by atoms with van der Waals surface area (Å²) >= 11 is 1.05. The van der Waals surface area contributed by atoms with E-state index in [4.69, 9.17) is 14.2 Å². The molecule has 1 aromatic heterocycles. The molecule has 0 radical (unpaired) electrons. The van der Waals surface area contributed by atoms with Crippen LogP contribution in [0.5, 0.6) is 11.5 Å². The van der Waals surface area contributed by atoms with Gasteiger partial charge < -0.3 is 19.5 Å². The van der Waals surface area contributed by atoms with Crippen LogP contribution in [0.15, 0.2) is 18.2 Å². The molecule has 1 amide bonds. The first-order valence-corrected chi connectivity index (χ1v) is 12.4. The van der Waals surface area contributed by atoms with Gasteiger partial charge in [-0.3, -0.25) is 9.59 Å². The highest BCUT2D eigenvalue weighted by Crippen LogP contribution is 2.38. The zero-order valence-electron chi connectivity index (χ0n) is 17.9. The summed E-state index contributed by atoms with van der Waals surface area (Å²) in [6.45, 7) is 2.85. The largest absolute Gasteiger partial charge is 0.493 e. The number of hydrogen-bond donors (Lipinski definition) is 1. The van der Waals surface area contributed by atoms with E-state index in [-0.39, 0.29) is 53.2 Å². The molecule has 172 valence electrons. The monoisotopic (exact) mass is 481 g/mol. The zero-order chi connectivity index (χ0) is 23.5. The fraction of sp³-hybridized carbons (Fsp3) is 0.381. The molecule has 3 rings (SSSR count). The van der Waals surface area contributed by atoms with Crippen LogP contribution < -0.4 is 14.8 Å². The van der Waals surface area contributed by atoms with Crippen molar-refractivity contribution >= 4 is 43.8 Å². The Balaban J connectivity index is 1.78. The number of fused-ring (bicyclic) bond motifs is 1. The Morgan fingerprint density at radius 3 is 2.59 bits per heavy atom. The van der Waals surface area contributed by atoms with Gasteiger partial charge in [-0.2, -0.15) is 0 Å². The molecule has 9 nitrogen and oxygen atoms in total. The number of carbonyl (C=O) groups excluding carboxylic acids is 3. The average Bonchev–Trinajstić information content (AvgIpc) is 3.07. The Morgan fingerprint density at radius 1 is 1.19 bits per heavy atom. The van der Waals surface area contributed by atoms with Crippen molar-refractivity contribution in [3.63, 3.8) is 0 Å². The smallest absolute Gasteiger partial charge is 0.341 e. The van der Waals surface area contributed by atoms with Crippen molar-refractivity contribution in [2.24, 2.45) is 0 Å². The van der Waals surface area contributed by atoms with Gasteiger partial charge in [0.1, 0.15) is 5.00 Å². The highest BCUT2D eigenvalue weighted by atomic mass is 32.2. The quantitative estimate of drug-likeness (QED) is 0.451. The third kappa shape index (κ3) is 5.28. The van der Waals surface area contributed by atoms with Crippen molar-refractivity contribution in [2.45, 2.75) is 26.0 Å². The molecule has 0 bridgehead atoms. The Kier molecular flexibility index (Phi) is 7.19. The van der Waals surface area contributed by atoms with E-state index in [0.29, 0.717) is 21.8 Å². The van der Waals surface area contributed by atoms with Crippen LogP contribution >= 0.6 is 11.3 Å². The first-order chi connectivity index (χ1) is 15.1. The Hall–Kier alpha value is -2.92. The van der Waals surface area contributed by atoms with Gasteiger partial charge in [-0.15, -0.1) is 11.3 Å². The van der Waals surface area contributed by atoms with E-state index in [1.165, 1.54) is 26.2 Å².